The Bertz CT molecular complexity index is 592. The second-order valence-electron chi connectivity index (χ2n) is 6.74. The lowest BCUT2D eigenvalue weighted by molar-refractivity contribution is 0.259. The SMILES string of the molecule is CN=C(NCCc1nc(C(C)C)no1)N1CCC(N2CC=CC2)C1.I. The Balaban J connectivity index is 0.00000225. The van der Waals surface area contributed by atoms with Crippen LogP contribution < -0.4 is 5.32 Å². The van der Waals surface area contributed by atoms with Crippen molar-refractivity contribution in [3.05, 3.63) is 23.9 Å². The van der Waals surface area contributed by atoms with Crippen molar-refractivity contribution in [2.75, 3.05) is 39.8 Å². The minimum atomic E-state index is 0. The maximum absolute atomic E-state index is 5.28. The van der Waals surface area contributed by atoms with Gasteiger partial charge in [0.1, 0.15) is 0 Å². The van der Waals surface area contributed by atoms with Crippen molar-refractivity contribution in [2.24, 2.45) is 4.99 Å². The van der Waals surface area contributed by atoms with Crippen molar-refractivity contribution in [1.82, 2.24) is 25.3 Å². The number of halogens is 1. The molecule has 0 bridgehead atoms. The van der Waals surface area contributed by atoms with E-state index in [2.05, 4.69) is 56.2 Å². The van der Waals surface area contributed by atoms with E-state index in [1.165, 1.54) is 6.42 Å². The topological polar surface area (TPSA) is 69.8 Å². The fraction of sp³-hybridized carbons (Fsp3) is 0.706. The Morgan fingerprint density at radius 1 is 1.40 bits per heavy atom. The summed E-state index contributed by atoms with van der Waals surface area (Å²) in [7, 11) is 1.84. The van der Waals surface area contributed by atoms with Gasteiger partial charge in [0.05, 0.1) is 0 Å². The fourth-order valence-electron chi connectivity index (χ4n) is 3.24. The molecule has 1 aromatic rings. The van der Waals surface area contributed by atoms with E-state index in [0.29, 0.717) is 24.3 Å². The van der Waals surface area contributed by atoms with Crippen molar-refractivity contribution < 1.29 is 4.52 Å². The highest BCUT2D eigenvalue weighted by atomic mass is 127. The van der Waals surface area contributed by atoms with Crippen LogP contribution in [-0.2, 0) is 6.42 Å². The molecule has 0 spiro atoms. The molecule has 1 fully saturated rings. The summed E-state index contributed by atoms with van der Waals surface area (Å²) >= 11 is 0. The van der Waals surface area contributed by atoms with Gasteiger partial charge in [0.25, 0.3) is 0 Å². The minimum Gasteiger partial charge on any atom is -0.356 e. The van der Waals surface area contributed by atoms with Crippen LogP contribution >= 0.6 is 24.0 Å². The molecule has 1 unspecified atom stereocenters. The number of rotatable bonds is 5. The monoisotopic (exact) mass is 460 g/mol. The van der Waals surface area contributed by atoms with Crippen LogP contribution in [0.2, 0.25) is 0 Å². The highest BCUT2D eigenvalue weighted by Gasteiger charge is 2.29. The third-order valence-corrected chi connectivity index (χ3v) is 4.66. The van der Waals surface area contributed by atoms with Crippen molar-refractivity contribution in [2.45, 2.75) is 38.6 Å². The molecule has 2 aliphatic rings. The highest BCUT2D eigenvalue weighted by molar-refractivity contribution is 14.0. The second kappa shape index (κ2) is 9.51. The average Bonchev–Trinajstić information content (AvgIpc) is 3.32. The van der Waals surface area contributed by atoms with E-state index >= 15 is 0 Å². The van der Waals surface area contributed by atoms with Crippen LogP contribution in [0, 0.1) is 0 Å². The molecule has 1 saturated heterocycles. The Kier molecular flexibility index (Phi) is 7.67. The van der Waals surface area contributed by atoms with Crippen molar-refractivity contribution in [3.8, 4) is 0 Å². The molecule has 1 aromatic heterocycles. The smallest absolute Gasteiger partial charge is 0.228 e. The van der Waals surface area contributed by atoms with Gasteiger partial charge in [-0.05, 0) is 6.42 Å². The molecule has 25 heavy (non-hydrogen) atoms. The lowest BCUT2D eigenvalue weighted by Gasteiger charge is -2.25. The summed E-state index contributed by atoms with van der Waals surface area (Å²) in [5.74, 6) is 2.72. The predicted molar refractivity (Wildman–Crippen MR) is 110 cm³/mol. The van der Waals surface area contributed by atoms with Gasteiger partial charge in [-0.3, -0.25) is 9.89 Å². The second-order valence-corrected chi connectivity index (χ2v) is 6.74. The number of nitrogens with one attached hydrogen (secondary N) is 1. The molecule has 8 heteroatoms. The lowest BCUT2D eigenvalue weighted by atomic mass is 10.2. The van der Waals surface area contributed by atoms with Gasteiger partial charge >= 0.3 is 0 Å². The van der Waals surface area contributed by atoms with E-state index < -0.39 is 0 Å². The minimum absolute atomic E-state index is 0. The molecular weight excluding hydrogens is 431 g/mol. The Morgan fingerprint density at radius 2 is 2.16 bits per heavy atom. The first-order valence-electron chi connectivity index (χ1n) is 8.84. The summed E-state index contributed by atoms with van der Waals surface area (Å²) in [6.45, 7) is 9.14. The molecular formula is C17H29IN6O. The summed E-state index contributed by atoms with van der Waals surface area (Å²) in [5, 5.41) is 7.42. The van der Waals surface area contributed by atoms with Crippen molar-refractivity contribution >= 4 is 29.9 Å². The average molecular weight is 460 g/mol. The number of hydrogen-bond acceptors (Lipinski definition) is 5. The molecule has 7 nitrogen and oxygen atoms in total. The largest absolute Gasteiger partial charge is 0.356 e. The van der Waals surface area contributed by atoms with Gasteiger partial charge in [0.2, 0.25) is 5.89 Å². The van der Waals surface area contributed by atoms with Gasteiger partial charge < -0.3 is 14.7 Å². The molecule has 0 saturated carbocycles. The van der Waals surface area contributed by atoms with Crippen LogP contribution in [0.25, 0.3) is 0 Å². The molecule has 0 amide bonds. The van der Waals surface area contributed by atoms with E-state index in [4.69, 9.17) is 4.52 Å². The number of aromatic nitrogens is 2. The zero-order chi connectivity index (χ0) is 16.9. The van der Waals surface area contributed by atoms with Gasteiger partial charge in [-0.1, -0.05) is 31.2 Å². The zero-order valence-electron chi connectivity index (χ0n) is 15.3. The summed E-state index contributed by atoms with van der Waals surface area (Å²) in [6.07, 6.45) is 6.42. The van der Waals surface area contributed by atoms with Gasteiger partial charge in [-0.2, -0.15) is 4.98 Å². The zero-order valence-corrected chi connectivity index (χ0v) is 17.6. The first kappa shape index (κ1) is 20.2. The third kappa shape index (κ3) is 5.16. The Hall–Kier alpha value is -1.16. The fourth-order valence-corrected chi connectivity index (χ4v) is 3.24. The standard InChI is InChI=1S/C17H28N6O.HI/c1-13(2)16-20-15(24-21-16)6-8-19-17(18-3)23-11-7-14(12-23)22-9-4-5-10-22;/h4-5,13-14H,6-12H2,1-3H3,(H,18,19);1H. The molecule has 0 aromatic carbocycles. The van der Waals surface area contributed by atoms with E-state index in [0.717, 1.165) is 44.5 Å². The summed E-state index contributed by atoms with van der Waals surface area (Å²) in [6, 6.07) is 0.628. The van der Waals surface area contributed by atoms with Crippen LogP contribution in [0.4, 0.5) is 0 Å². The van der Waals surface area contributed by atoms with Crippen LogP contribution in [0.15, 0.2) is 21.7 Å². The van der Waals surface area contributed by atoms with Gasteiger partial charge in [0, 0.05) is 58.2 Å². The molecule has 1 N–H and O–H groups in total. The molecule has 3 rings (SSSR count). The van der Waals surface area contributed by atoms with Crippen molar-refractivity contribution in [3.63, 3.8) is 0 Å². The maximum atomic E-state index is 5.28. The molecule has 0 radical (unpaired) electrons. The van der Waals surface area contributed by atoms with Crippen LogP contribution in [0.5, 0.6) is 0 Å². The third-order valence-electron chi connectivity index (χ3n) is 4.66. The molecule has 3 heterocycles. The maximum Gasteiger partial charge on any atom is 0.228 e. The predicted octanol–water partition coefficient (Wildman–Crippen LogP) is 1.87. The number of nitrogens with zero attached hydrogens (tertiary/aromatic N) is 5. The first-order valence-corrected chi connectivity index (χ1v) is 8.84. The van der Waals surface area contributed by atoms with E-state index in [1.54, 1.807) is 0 Å². The van der Waals surface area contributed by atoms with E-state index in [1.807, 2.05) is 7.05 Å². The van der Waals surface area contributed by atoms with Gasteiger partial charge in [-0.15, -0.1) is 24.0 Å². The Morgan fingerprint density at radius 3 is 2.80 bits per heavy atom. The number of aliphatic imine (C=N–C) groups is 1. The summed E-state index contributed by atoms with van der Waals surface area (Å²) in [4.78, 5) is 13.7. The molecule has 2 aliphatic heterocycles. The van der Waals surface area contributed by atoms with Crippen LogP contribution in [0.1, 0.15) is 37.9 Å². The Labute approximate surface area is 166 Å². The number of likely N-dealkylation sites (tertiary alicyclic amines) is 1. The first-order chi connectivity index (χ1) is 11.7. The molecule has 140 valence electrons. The number of hydrogen-bond donors (Lipinski definition) is 1. The molecule has 0 aliphatic carbocycles. The number of guanidine groups is 1. The summed E-state index contributed by atoms with van der Waals surface area (Å²) in [5.41, 5.74) is 0. The molecule has 1 atom stereocenters. The quantitative estimate of drug-likeness (QED) is 0.313. The van der Waals surface area contributed by atoms with Crippen LogP contribution in [0.3, 0.4) is 0 Å². The highest BCUT2D eigenvalue weighted by Crippen LogP contribution is 2.17. The van der Waals surface area contributed by atoms with Crippen molar-refractivity contribution in [1.29, 1.82) is 0 Å². The van der Waals surface area contributed by atoms with Crippen LogP contribution in [-0.4, -0.2) is 71.7 Å². The van der Waals surface area contributed by atoms with Gasteiger partial charge in [0.15, 0.2) is 11.8 Å². The summed E-state index contributed by atoms with van der Waals surface area (Å²) < 4.78 is 5.28. The lowest BCUT2D eigenvalue weighted by Crippen LogP contribution is -2.43. The van der Waals surface area contributed by atoms with Gasteiger partial charge in [-0.25, -0.2) is 0 Å². The normalized spacial score (nSPS) is 21.2. The van der Waals surface area contributed by atoms with E-state index in [-0.39, 0.29) is 24.0 Å². The van der Waals surface area contributed by atoms with E-state index in [9.17, 15) is 0 Å².